The van der Waals surface area contributed by atoms with E-state index in [2.05, 4.69) is 0 Å². The van der Waals surface area contributed by atoms with Gasteiger partial charge >= 0.3 is 0 Å². The molecule has 0 aliphatic heterocycles. The molecular weight excluding hydrogens is 176 g/mol. The molecule has 0 amide bonds. The molecule has 0 saturated carbocycles. The van der Waals surface area contributed by atoms with Gasteiger partial charge in [0.2, 0.25) is 0 Å². The van der Waals surface area contributed by atoms with Crippen molar-refractivity contribution in [2.24, 2.45) is 5.73 Å². The maximum absolute atomic E-state index is 13.1. The van der Waals surface area contributed by atoms with E-state index in [0.29, 0.717) is 0 Å². The summed E-state index contributed by atoms with van der Waals surface area (Å²) in [7, 11) is 0. The van der Waals surface area contributed by atoms with Crippen LogP contribution in [0.15, 0.2) is 12.1 Å². The lowest BCUT2D eigenvalue weighted by molar-refractivity contribution is 0.391. The van der Waals surface area contributed by atoms with Gasteiger partial charge in [0.15, 0.2) is 11.6 Å². The van der Waals surface area contributed by atoms with E-state index in [1.807, 2.05) is 0 Å². The summed E-state index contributed by atoms with van der Waals surface area (Å²) in [5, 5.41) is 9.22. The van der Waals surface area contributed by atoms with Gasteiger partial charge in [0.1, 0.15) is 5.82 Å². The number of aromatic hydroxyl groups is 1. The first kappa shape index (κ1) is 9.92. The zero-order valence-corrected chi connectivity index (χ0v) is 7.44. The molecule has 1 aromatic rings. The normalized spacial score (nSPS) is 11.8. The Kier molecular flexibility index (Phi) is 2.26. The van der Waals surface area contributed by atoms with Crippen LogP contribution in [0.5, 0.6) is 5.75 Å². The standard InChI is InChI=1S/C9H11F2NO/c1-9(2,12)7-5(10)3-4-6(11)8(7)13/h3-4,13H,12H2,1-2H3. The fourth-order valence-corrected chi connectivity index (χ4v) is 1.15. The molecule has 1 aromatic carbocycles. The Bertz CT molecular complexity index is 331. The molecule has 13 heavy (non-hydrogen) atoms. The largest absolute Gasteiger partial charge is 0.505 e. The number of phenols is 1. The summed E-state index contributed by atoms with van der Waals surface area (Å²) in [6.07, 6.45) is 0. The second kappa shape index (κ2) is 2.96. The number of phenolic OH excluding ortho intramolecular Hbond substituents is 1. The van der Waals surface area contributed by atoms with Crippen molar-refractivity contribution in [3.8, 4) is 5.75 Å². The van der Waals surface area contributed by atoms with Gasteiger partial charge in [-0.25, -0.2) is 8.78 Å². The van der Waals surface area contributed by atoms with Crippen LogP contribution in [0.2, 0.25) is 0 Å². The fraction of sp³-hybridized carbons (Fsp3) is 0.333. The van der Waals surface area contributed by atoms with Crippen molar-refractivity contribution in [3.05, 3.63) is 29.3 Å². The highest BCUT2D eigenvalue weighted by Crippen LogP contribution is 2.31. The third kappa shape index (κ3) is 1.78. The number of hydrogen-bond acceptors (Lipinski definition) is 2. The van der Waals surface area contributed by atoms with Gasteiger partial charge in [0.05, 0.1) is 5.56 Å². The smallest absolute Gasteiger partial charge is 0.165 e. The Morgan fingerprint density at radius 3 is 2.08 bits per heavy atom. The summed E-state index contributed by atoms with van der Waals surface area (Å²) in [5.74, 6) is -2.28. The van der Waals surface area contributed by atoms with Crippen molar-refractivity contribution < 1.29 is 13.9 Å². The zero-order valence-electron chi connectivity index (χ0n) is 7.44. The van der Waals surface area contributed by atoms with Gasteiger partial charge in [-0.2, -0.15) is 0 Å². The van der Waals surface area contributed by atoms with Crippen LogP contribution < -0.4 is 5.73 Å². The lowest BCUT2D eigenvalue weighted by atomic mass is 9.94. The summed E-state index contributed by atoms with van der Waals surface area (Å²) in [5.41, 5.74) is 4.26. The second-order valence-electron chi connectivity index (χ2n) is 3.47. The van der Waals surface area contributed by atoms with E-state index in [1.165, 1.54) is 13.8 Å². The molecule has 0 saturated heterocycles. The molecule has 4 heteroatoms. The van der Waals surface area contributed by atoms with E-state index in [1.54, 1.807) is 0 Å². The average molecular weight is 187 g/mol. The van der Waals surface area contributed by atoms with Crippen LogP contribution in [0, 0.1) is 11.6 Å². The van der Waals surface area contributed by atoms with Crippen molar-refractivity contribution in [3.63, 3.8) is 0 Å². The van der Waals surface area contributed by atoms with E-state index in [9.17, 15) is 13.9 Å². The van der Waals surface area contributed by atoms with Crippen LogP contribution in [-0.2, 0) is 5.54 Å². The highest BCUT2D eigenvalue weighted by molar-refractivity contribution is 5.39. The van der Waals surface area contributed by atoms with E-state index < -0.39 is 22.9 Å². The lowest BCUT2D eigenvalue weighted by Gasteiger charge is -2.21. The van der Waals surface area contributed by atoms with Gasteiger partial charge in [0.25, 0.3) is 0 Å². The molecule has 0 bridgehead atoms. The maximum Gasteiger partial charge on any atom is 0.165 e. The first-order chi connectivity index (χ1) is 5.84. The molecule has 1 rings (SSSR count). The predicted molar refractivity (Wildman–Crippen MR) is 45.2 cm³/mol. The molecule has 0 unspecified atom stereocenters. The molecule has 0 aliphatic carbocycles. The minimum absolute atomic E-state index is 0.201. The topological polar surface area (TPSA) is 46.2 Å². The van der Waals surface area contributed by atoms with Crippen LogP contribution >= 0.6 is 0 Å². The van der Waals surface area contributed by atoms with E-state index in [-0.39, 0.29) is 5.56 Å². The first-order valence-electron chi connectivity index (χ1n) is 3.80. The summed E-state index contributed by atoms with van der Waals surface area (Å²) in [4.78, 5) is 0. The van der Waals surface area contributed by atoms with Gasteiger partial charge < -0.3 is 10.8 Å². The number of benzene rings is 1. The summed E-state index contributed by atoms with van der Waals surface area (Å²) < 4.78 is 25.9. The summed E-state index contributed by atoms with van der Waals surface area (Å²) >= 11 is 0. The molecule has 2 nitrogen and oxygen atoms in total. The first-order valence-corrected chi connectivity index (χ1v) is 3.80. The van der Waals surface area contributed by atoms with Crippen LogP contribution in [0.4, 0.5) is 8.78 Å². The number of nitrogens with two attached hydrogens (primary N) is 1. The number of hydrogen-bond donors (Lipinski definition) is 2. The predicted octanol–water partition coefficient (Wildman–Crippen LogP) is 1.86. The summed E-state index contributed by atoms with van der Waals surface area (Å²) in [6, 6.07) is 1.80. The SMILES string of the molecule is CC(C)(N)c1c(F)ccc(F)c1O. The Labute approximate surface area is 75.0 Å². The minimum atomic E-state index is -1.10. The molecule has 72 valence electrons. The molecule has 0 atom stereocenters. The zero-order chi connectivity index (χ0) is 10.2. The maximum atomic E-state index is 13.1. The van der Waals surface area contributed by atoms with Crippen molar-refractivity contribution >= 4 is 0 Å². The van der Waals surface area contributed by atoms with E-state index in [0.717, 1.165) is 12.1 Å². The average Bonchev–Trinajstić information content (AvgIpc) is 1.95. The Hall–Kier alpha value is -1.16. The van der Waals surface area contributed by atoms with Crippen LogP contribution in [-0.4, -0.2) is 5.11 Å². The molecule has 0 fully saturated rings. The fourth-order valence-electron chi connectivity index (χ4n) is 1.15. The second-order valence-corrected chi connectivity index (χ2v) is 3.47. The lowest BCUT2D eigenvalue weighted by Crippen LogP contribution is -2.30. The van der Waals surface area contributed by atoms with Gasteiger partial charge in [-0.05, 0) is 26.0 Å². The van der Waals surface area contributed by atoms with Gasteiger partial charge in [-0.1, -0.05) is 0 Å². The minimum Gasteiger partial charge on any atom is -0.505 e. The van der Waals surface area contributed by atoms with Crippen molar-refractivity contribution in [1.29, 1.82) is 0 Å². The molecule has 0 radical (unpaired) electrons. The van der Waals surface area contributed by atoms with E-state index in [4.69, 9.17) is 5.73 Å². The van der Waals surface area contributed by atoms with Crippen molar-refractivity contribution in [2.75, 3.05) is 0 Å². The van der Waals surface area contributed by atoms with Crippen LogP contribution in [0.3, 0.4) is 0 Å². The van der Waals surface area contributed by atoms with Crippen molar-refractivity contribution in [1.82, 2.24) is 0 Å². The van der Waals surface area contributed by atoms with Gasteiger partial charge in [0, 0.05) is 5.54 Å². The Balaban J connectivity index is 3.43. The third-order valence-corrected chi connectivity index (χ3v) is 1.72. The summed E-state index contributed by atoms with van der Waals surface area (Å²) in [6.45, 7) is 2.98. The molecule has 0 spiro atoms. The number of halogens is 2. The van der Waals surface area contributed by atoms with Crippen molar-refractivity contribution in [2.45, 2.75) is 19.4 Å². The molecular formula is C9H11F2NO. The highest BCUT2D eigenvalue weighted by Gasteiger charge is 2.25. The molecule has 0 heterocycles. The van der Waals surface area contributed by atoms with Crippen LogP contribution in [0.1, 0.15) is 19.4 Å². The monoisotopic (exact) mass is 187 g/mol. The number of rotatable bonds is 1. The van der Waals surface area contributed by atoms with Gasteiger partial charge in [-0.15, -0.1) is 0 Å². The Morgan fingerprint density at radius 1 is 1.23 bits per heavy atom. The highest BCUT2D eigenvalue weighted by atomic mass is 19.1. The molecule has 0 aromatic heterocycles. The molecule has 3 N–H and O–H groups in total. The van der Waals surface area contributed by atoms with Crippen LogP contribution in [0.25, 0.3) is 0 Å². The van der Waals surface area contributed by atoms with E-state index >= 15 is 0 Å². The molecule has 0 aliphatic rings. The van der Waals surface area contributed by atoms with Gasteiger partial charge in [-0.3, -0.25) is 0 Å². The Morgan fingerprint density at radius 2 is 1.69 bits per heavy atom. The quantitative estimate of drug-likeness (QED) is 0.704. The third-order valence-electron chi connectivity index (χ3n) is 1.72.